The molecule has 3 heteroatoms. The third kappa shape index (κ3) is 2.25. The van der Waals surface area contributed by atoms with E-state index in [-0.39, 0.29) is 18.0 Å². The number of likely N-dealkylation sites (N-methyl/N-ethyl adjacent to an activating group) is 1. The zero-order chi connectivity index (χ0) is 15.1. The number of ether oxygens (including phenoxy) is 1. The largest absolute Gasteiger partial charge is 0.368 e. The minimum atomic E-state index is -0.177. The SMILES string of the molecule is CNC[C@@H]1C[C@H]2c3ccccc3Cc3ccc(F)cc3[C@@H]2O1. The van der Waals surface area contributed by atoms with Gasteiger partial charge in [0.15, 0.2) is 0 Å². The van der Waals surface area contributed by atoms with E-state index in [1.54, 1.807) is 12.1 Å². The number of hydrogen-bond donors (Lipinski definition) is 1. The Morgan fingerprint density at radius 3 is 2.82 bits per heavy atom. The molecule has 4 rings (SSSR count). The van der Waals surface area contributed by atoms with Gasteiger partial charge in [-0.1, -0.05) is 30.3 Å². The highest BCUT2D eigenvalue weighted by molar-refractivity contribution is 5.45. The molecule has 1 aliphatic carbocycles. The molecule has 0 unspecified atom stereocenters. The van der Waals surface area contributed by atoms with Gasteiger partial charge in [-0.15, -0.1) is 0 Å². The molecule has 0 aromatic heterocycles. The van der Waals surface area contributed by atoms with E-state index in [2.05, 4.69) is 29.6 Å². The summed E-state index contributed by atoms with van der Waals surface area (Å²) in [7, 11) is 1.94. The van der Waals surface area contributed by atoms with Crippen LogP contribution in [0.1, 0.15) is 40.7 Å². The maximum Gasteiger partial charge on any atom is 0.123 e. The molecule has 114 valence electrons. The monoisotopic (exact) mass is 297 g/mol. The average Bonchev–Trinajstić information content (AvgIpc) is 2.89. The molecule has 0 radical (unpaired) electrons. The fraction of sp³-hybridized carbons (Fsp3) is 0.368. The molecule has 1 heterocycles. The summed E-state index contributed by atoms with van der Waals surface area (Å²) in [5.74, 6) is 0.140. The number of benzene rings is 2. The van der Waals surface area contributed by atoms with E-state index in [9.17, 15) is 4.39 Å². The third-order valence-corrected chi connectivity index (χ3v) is 4.90. The summed E-state index contributed by atoms with van der Waals surface area (Å²) in [5.41, 5.74) is 4.92. The zero-order valence-electron chi connectivity index (χ0n) is 12.7. The van der Waals surface area contributed by atoms with Crippen molar-refractivity contribution in [1.82, 2.24) is 5.32 Å². The van der Waals surface area contributed by atoms with Gasteiger partial charge in [-0.2, -0.15) is 0 Å². The van der Waals surface area contributed by atoms with Crippen molar-refractivity contribution >= 4 is 0 Å². The quantitative estimate of drug-likeness (QED) is 0.915. The Hall–Kier alpha value is -1.71. The van der Waals surface area contributed by atoms with E-state index in [1.165, 1.54) is 16.7 Å². The average molecular weight is 297 g/mol. The second-order valence-corrected chi connectivity index (χ2v) is 6.30. The number of fused-ring (bicyclic) bond motifs is 5. The van der Waals surface area contributed by atoms with E-state index in [4.69, 9.17) is 4.74 Å². The summed E-state index contributed by atoms with van der Waals surface area (Å²) in [6.07, 6.45) is 1.99. The first-order valence-corrected chi connectivity index (χ1v) is 7.92. The number of nitrogens with one attached hydrogen (secondary N) is 1. The van der Waals surface area contributed by atoms with Crippen molar-refractivity contribution in [3.05, 3.63) is 70.5 Å². The molecule has 3 atom stereocenters. The van der Waals surface area contributed by atoms with Crippen LogP contribution < -0.4 is 5.32 Å². The topological polar surface area (TPSA) is 21.3 Å². The van der Waals surface area contributed by atoms with Crippen LogP contribution in [0, 0.1) is 5.82 Å². The van der Waals surface area contributed by atoms with Crippen LogP contribution >= 0.6 is 0 Å². The second kappa shape index (κ2) is 5.49. The van der Waals surface area contributed by atoms with Crippen molar-refractivity contribution in [1.29, 1.82) is 0 Å². The maximum absolute atomic E-state index is 13.8. The molecule has 2 nitrogen and oxygen atoms in total. The van der Waals surface area contributed by atoms with E-state index in [0.717, 1.165) is 24.9 Å². The van der Waals surface area contributed by atoms with Gasteiger partial charge in [0.25, 0.3) is 0 Å². The lowest BCUT2D eigenvalue weighted by Gasteiger charge is -2.19. The highest BCUT2D eigenvalue weighted by atomic mass is 19.1. The van der Waals surface area contributed by atoms with Gasteiger partial charge in [-0.3, -0.25) is 0 Å². The van der Waals surface area contributed by atoms with Crippen LogP contribution in [0.25, 0.3) is 0 Å². The van der Waals surface area contributed by atoms with Gasteiger partial charge in [0.2, 0.25) is 0 Å². The lowest BCUT2D eigenvalue weighted by atomic mass is 9.87. The Labute approximate surface area is 130 Å². The third-order valence-electron chi connectivity index (χ3n) is 4.90. The summed E-state index contributed by atoms with van der Waals surface area (Å²) >= 11 is 0. The van der Waals surface area contributed by atoms with Crippen LogP contribution in [0.4, 0.5) is 4.39 Å². The van der Waals surface area contributed by atoms with Gasteiger partial charge < -0.3 is 10.1 Å². The number of hydrogen-bond acceptors (Lipinski definition) is 2. The highest BCUT2D eigenvalue weighted by Gasteiger charge is 2.40. The highest BCUT2D eigenvalue weighted by Crippen LogP contribution is 2.49. The van der Waals surface area contributed by atoms with Gasteiger partial charge in [0.1, 0.15) is 5.82 Å². The molecule has 0 saturated carbocycles. The molecule has 2 aromatic carbocycles. The second-order valence-electron chi connectivity index (χ2n) is 6.30. The number of rotatable bonds is 2. The summed E-state index contributed by atoms with van der Waals surface area (Å²) < 4.78 is 20.1. The Morgan fingerprint density at radius 2 is 1.95 bits per heavy atom. The van der Waals surface area contributed by atoms with Crippen LogP contribution in [-0.2, 0) is 11.2 Å². The van der Waals surface area contributed by atoms with Crippen molar-refractivity contribution in [2.45, 2.75) is 31.0 Å². The molecular formula is C19H20FNO. The van der Waals surface area contributed by atoms with Crippen LogP contribution in [-0.4, -0.2) is 19.7 Å². The molecule has 1 N–H and O–H groups in total. The van der Waals surface area contributed by atoms with Crippen molar-refractivity contribution in [3.63, 3.8) is 0 Å². The Kier molecular flexibility index (Phi) is 3.47. The summed E-state index contributed by atoms with van der Waals surface area (Å²) in [6.45, 7) is 0.833. The minimum absolute atomic E-state index is 0.0345. The van der Waals surface area contributed by atoms with Crippen molar-refractivity contribution in [2.75, 3.05) is 13.6 Å². The molecular weight excluding hydrogens is 277 g/mol. The lowest BCUT2D eigenvalue weighted by Crippen LogP contribution is -2.23. The standard InChI is InChI=1S/C19H20FNO/c1-21-11-15-10-18-16-5-3-2-4-12(16)8-13-6-7-14(20)9-17(13)19(18)22-15/h2-7,9,15,18-19,21H,8,10-11H2,1H3/t15-,18-,19-/m0/s1. The van der Waals surface area contributed by atoms with Gasteiger partial charge >= 0.3 is 0 Å². The van der Waals surface area contributed by atoms with E-state index in [1.807, 2.05) is 13.1 Å². The van der Waals surface area contributed by atoms with Crippen LogP contribution in [0.3, 0.4) is 0 Å². The van der Waals surface area contributed by atoms with Gasteiger partial charge in [0, 0.05) is 12.5 Å². The Bertz CT molecular complexity index is 700. The first-order chi connectivity index (χ1) is 10.8. The van der Waals surface area contributed by atoms with E-state index in [0.29, 0.717) is 5.92 Å². The zero-order valence-corrected chi connectivity index (χ0v) is 12.7. The minimum Gasteiger partial charge on any atom is -0.368 e. The molecule has 0 spiro atoms. The van der Waals surface area contributed by atoms with Crippen molar-refractivity contribution in [3.8, 4) is 0 Å². The molecule has 0 bridgehead atoms. The predicted octanol–water partition coefficient (Wildman–Crippen LogP) is 3.56. The lowest BCUT2D eigenvalue weighted by molar-refractivity contribution is 0.0417. The van der Waals surface area contributed by atoms with Crippen molar-refractivity contribution < 1.29 is 9.13 Å². The molecule has 22 heavy (non-hydrogen) atoms. The summed E-state index contributed by atoms with van der Waals surface area (Å²) in [5, 5.41) is 3.20. The van der Waals surface area contributed by atoms with Crippen molar-refractivity contribution in [2.24, 2.45) is 0 Å². The maximum atomic E-state index is 13.8. The first kappa shape index (κ1) is 13.9. The number of halogens is 1. The van der Waals surface area contributed by atoms with Crippen LogP contribution in [0.5, 0.6) is 0 Å². The predicted molar refractivity (Wildman–Crippen MR) is 84.5 cm³/mol. The smallest absolute Gasteiger partial charge is 0.123 e. The molecule has 0 amide bonds. The van der Waals surface area contributed by atoms with Crippen LogP contribution in [0.2, 0.25) is 0 Å². The molecule has 1 saturated heterocycles. The van der Waals surface area contributed by atoms with E-state index < -0.39 is 0 Å². The van der Waals surface area contributed by atoms with Gasteiger partial charge in [0.05, 0.1) is 12.2 Å². The van der Waals surface area contributed by atoms with E-state index >= 15 is 0 Å². The first-order valence-electron chi connectivity index (χ1n) is 7.92. The Morgan fingerprint density at radius 1 is 1.14 bits per heavy atom. The van der Waals surface area contributed by atoms with Crippen LogP contribution in [0.15, 0.2) is 42.5 Å². The summed E-state index contributed by atoms with van der Waals surface area (Å²) in [4.78, 5) is 0. The molecule has 2 aromatic rings. The Balaban J connectivity index is 1.84. The fourth-order valence-electron chi connectivity index (χ4n) is 3.96. The molecule has 2 aliphatic rings. The normalized spacial score (nSPS) is 26.0. The van der Waals surface area contributed by atoms with Gasteiger partial charge in [-0.25, -0.2) is 4.39 Å². The summed E-state index contributed by atoms with van der Waals surface area (Å²) in [6, 6.07) is 13.7. The fourth-order valence-corrected chi connectivity index (χ4v) is 3.96. The van der Waals surface area contributed by atoms with Gasteiger partial charge in [-0.05, 0) is 54.3 Å². The molecule has 1 fully saturated rings. The molecule has 1 aliphatic heterocycles.